The Morgan fingerprint density at radius 1 is 1.64 bits per heavy atom. The van der Waals surface area contributed by atoms with Gasteiger partial charge in [-0.25, -0.2) is 0 Å². The van der Waals surface area contributed by atoms with Crippen LogP contribution < -0.4 is 0 Å². The van der Waals surface area contributed by atoms with E-state index in [1.165, 1.54) is 30.8 Å². The lowest BCUT2D eigenvalue weighted by atomic mass is 9.96. The van der Waals surface area contributed by atoms with Crippen molar-refractivity contribution in [2.45, 2.75) is 38.7 Å². The van der Waals surface area contributed by atoms with Crippen molar-refractivity contribution in [1.82, 2.24) is 9.59 Å². The lowest BCUT2D eigenvalue weighted by molar-refractivity contribution is 0.108. The second-order valence-electron chi connectivity index (χ2n) is 4.35. The molecule has 0 aromatic carbocycles. The first-order valence-electron chi connectivity index (χ1n) is 5.19. The van der Waals surface area contributed by atoms with Gasteiger partial charge in [-0.2, -0.15) is 0 Å². The SMILES string of the molecule is CC1CCC(C(O)Cc2csnn2)C1. The van der Waals surface area contributed by atoms with Gasteiger partial charge in [0.05, 0.1) is 11.8 Å². The maximum absolute atomic E-state index is 9.98. The van der Waals surface area contributed by atoms with Crippen LogP contribution in [0.1, 0.15) is 31.9 Å². The Balaban J connectivity index is 1.87. The Labute approximate surface area is 88.3 Å². The predicted octanol–water partition coefficient (Wildman–Crippen LogP) is 1.88. The van der Waals surface area contributed by atoms with E-state index in [-0.39, 0.29) is 6.10 Å². The molecule has 1 aromatic rings. The van der Waals surface area contributed by atoms with Crippen LogP contribution >= 0.6 is 11.5 Å². The van der Waals surface area contributed by atoms with Gasteiger partial charge in [-0.1, -0.05) is 17.8 Å². The van der Waals surface area contributed by atoms with Gasteiger partial charge in [-0.3, -0.25) is 0 Å². The van der Waals surface area contributed by atoms with Crippen LogP contribution in [0.25, 0.3) is 0 Å². The average Bonchev–Trinajstić information content (AvgIpc) is 2.75. The van der Waals surface area contributed by atoms with E-state index >= 15 is 0 Å². The molecule has 14 heavy (non-hydrogen) atoms. The first-order valence-corrected chi connectivity index (χ1v) is 6.03. The maximum atomic E-state index is 9.98. The average molecular weight is 212 g/mol. The van der Waals surface area contributed by atoms with E-state index in [1.54, 1.807) is 0 Å². The van der Waals surface area contributed by atoms with E-state index in [9.17, 15) is 5.11 Å². The molecule has 1 aromatic heterocycles. The zero-order valence-electron chi connectivity index (χ0n) is 8.39. The minimum absolute atomic E-state index is 0.219. The Bertz CT molecular complexity index is 276. The summed E-state index contributed by atoms with van der Waals surface area (Å²) < 4.78 is 3.80. The first kappa shape index (κ1) is 10.1. The van der Waals surface area contributed by atoms with E-state index in [0.29, 0.717) is 12.3 Å². The monoisotopic (exact) mass is 212 g/mol. The standard InChI is InChI=1S/C10H16N2OS/c1-7-2-3-8(4-7)10(13)5-9-6-14-12-11-9/h6-8,10,13H,2-5H2,1H3. The van der Waals surface area contributed by atoms with E-state index in [1.807, 2.05) is 5.38 Å². The van der Waals surface area contributed by atoms with Crippen LogP contribution in [0.15, 0.2) is 5.38 Å². The molecule has 78 valence electrons. The van der Waals surface area contributed by atoms with Crippen molar-refractivity contribution in [1.29, 1.82) is 0 Å². The molecular weight excluding hydrogens is 196 g/mol. The van der Waals surface area contributed by atoms with Gasteiger partial charge in [-0.15, -0.1) is 5.10 Å². The summed E-state index contributed by atoms with van der Waals surface area (Å²) in [7, 11) is 0. The Hall–Kier alpha value is -0.480. The van der Waals surface area contributed by atoms with Crippen molar-refractivity contribution in [3.05, 3.63) is 11.1 Å². The smallest absolute Gasteiger partial charge is 0.0781 e. The number of hydrogen-bond acceptors (Lipinski definition) is 4. The largest absolute Gasteiger partial charge is 0.392 e. The lowest BCUT2D eigenvalue weighted by Gasteiger charge is -2.16. The summed E-state index contributed by atoms with van der Waals surface area (Å²) in [4.78, 5) is 0. The molecule has 4 heteroatoms. The first-order chi connectivity index (χ1) is 6.75. The summed E-state index contributed by atoms with van der Waals surface area (Å²) in [5.41, 5.74) is 0.932. The van der Waals surface area contributed by atoms with Gasteiger partial charge in [0.2, 0.25) is 0 Å². The van der Waals surface area contributed by atoms with E-state index in [2.05, 4.69) is 16.5 Å². The van der Waals surface area contributed by atoms with Crippen molar-refractivity contribution < 1.29 is 5.11 Å². The molecular formula is C10H16N2OS. The van der Waals surface area contributed by atoms with Gasteiger partial charge < -0.3 is 5.11 Å². The highest BCUT2D eigenvalue weighted by molar-refractivity contribution is 7.03. The topological polar surface area (TPSA) is 46.0 Å². The minimum Gasteiger partial charge on any atom is -0.392 e. The molecule has 1 aliphatic rings. The summed E-state index contributed by atoms with van der Waals surface area (Å²) in [6.07, 6.45) is 4.05. The van der Waals surface area contributed by atoms with E-state index in [0.717, 1.165) is 11.6 Å². The minimum atomic E-state index is -0.219. The van der Waals surface area contributed by atoms with Crippen LogP contribution in [0, 0.1) is 11.8 Å². The fourth-order valence-corrected chi connectivity index (χ4v) is 2.72. The molecule has 0 radical (unpaired) electrons. The molecule has 1 aliphatic carbocycles. The fourth-order valence-electron chi connectivity index (χ4n) is 2.25. The molecule has 1 fully saturated rings. The molecule has 1 heterocycles. The summed E-state index contributed by atoms with van der Waals surface area (Å²) in [6, 6.07) is 0. The number of nitrogens with zero attached hydrogens (tertiary/aromatic N) is 2. The van der Waals surface area contributed by atoms with Gasteiger partial charge in [0.15, 0.2) is 0 Å². The highest BCUT2D eigenvalue weighted by atomic mass is 32.1. The molecule has 0 bridgehead atoms. The van der Waals surface area contributed by atoms with Crippen LogP contribution in [-0.4, -0.2) is 20.8 Å². The summed E-state index contributed by atoms with van der Waals surface area (Å²) in [5.74, 6) is 1.26. The molecule has 3 nitrogen and oxygen atoms in total. The zero-order valence-corrected chi connectivity index (χ0v) is 9.20. The van der Waals surface area contributed by atoms with Gasteiger partial charge in [0, 0.05) is 11.8 Å². The Morgan fingerprint density at radius 3 is 3.07 bits per heavy atom. The quantitative estimate of drug-likeness (QED) is 0.832. The highest BCUT2D eigenvalue weighted by Gasteiger charge is 2.27. The second kappa shape index (κ2) is 4.36. The Morgan fingerprint density at radius 2 is 2.50 bits per heavy atom. The summed E-state index contributed by atoms with van der Waals surface area (Å²) >= 11 is 1.35. The third-order valence-corrected chi connectivity index (χ3v) is 3.66. The molecule has 0 spiro atoms. The number of rotatable bonds is 3. The van der Waals surface area contributed by atoms with Crippen LogP contribution in [0.2, 0.25) is 0 Å². The van der Waals surface area contributed by atoms with Gasteiger partial charge in [0.25, 0.3) is 0 Å². The second-order valence-corrected chi connectivity index (χ2v) is 4.96. The van der Waals surface area contributed by atoms with Crippen LogP contribution in [0.4, 0.5) is 0 Å². The lowest BCUT2D eigenvalue weighted by Crippen LogP contribution is -2.20. The van der Waals surface area contributed by atoms with Crippen LogP contribution in [-0.2, 0) is 6.42 Å². The summed E-state index contributed by atoms with van der Waals surface area (Å²) in [6.45, 7) is 2.26. The van der Waals surface area contributed by atoms with E-state index in [4.69, 9.17) is 0 Å². The van der Waals surface area contributed by atoms with Crippen molar-refractivity contribution in [2.75, 3.05) is 0 Å². The van der Waals surface area contributed by atoms with Gasteiger partial charge in [0.1, 0.15) is 0 Å². The van der Waals surface area contributed by atoms with Crippen LogP contribution in [0.5, 0.6) is 0 Å². The maximum Gasteiger partial charge on any atom is 0.0781 e. The zero-order chi connectivity index (χ0) is 9.97. The molecule has 3 unspecified atom stereocenters. The molecule has 1 N–H and O–H groups in total. The van der Waals surface area contributed by atoms with Crippen molar-refractivity contribution in [2.24, 2.45) is 11.8 Å². The van der Waals surface area contributed by atoms with E-state index < -0.39 is 0 Å². The van der Waals surface area contributed by atoms with Crippen molar-refractivity contribution in [3.8, 4) is 0 Å². The highest BCUT2D eigenvalue weighted by Crippen LogP contribution is 2.33. The van der Waals surface area contributed by atoms with Crippen LogP contribution in [0.3, 0.4) is 0 Å². The third kappa shape index (κ3) is 2.30. The predicted molar refractivity (Wildman–Crippen MR) is 56.1 cm³/mol. The molecule has 0 saturated heterocycles. The number of aliphatic hydroxyl groups excluding tert-OH is 1. The van der Waals surface area contributed by atoms with Crippen molar-refractivity contribution >= 4 is 11.5 Å². The third-order valence-electron chi connectivity index (χ3n) is 3.10. The fraction of sp³-hybridized carbons (Fsp3) is 0.800. The number of aromatic nitrogens is 2. The molecule has 3 atom stereocenters. The van der Waals surface area contributed by atoms with Gasteiger partial charge >= 0.3 is 0 Å². The number of hydrogen-bond donors (Lipinski definition) is 1. The van der Waals surface area contributed by atoms with Crippen molar-refractivity contribution in [3.63, 3.8) is 0 Å². The number of aliphatic hydroxyl groups is 1. The van der Waals surface area contributed by atoms with Gasteiger partial charge in [-0.05, 0) is 36.2 Å². The summed E-state index contributed by atoms with van der Waals surface area (Å²) in [5, 5.41) is 15.8. The molecule has 2 rings (SSSR count). The molecule has 0 amide bonds. The Kier molecular flexibility index (Phi) is 3.13. The molecule has 0 aliphatic heterocycles. The molecule has 1 saturated carbocycles. The normalized spacial score (nSPS) is 29.3.